The highest BCUT2D eigenvalue weighted by Crippen LogP contribution is 2.23. The Kier molecular flexibility index (Phi) is 3.01. The number of fused-ring (bicyclic) bond motifs is 1. The van der Waals surface area contributed by atoms with E-state index in [-0.39, 0.29) is 5.63 Å². The molecule has 0 atom stereocenters. The third kappa shape index (κ3) is 1.74. The van der Waals surface area contributed by atoms with Gasteiger partial charge in [-0.1, -0.05) is 25.4 Å². The van der Waals surface area contributed by atoms with E-state index in [1.54, 1.807) is 12.1 Å². The Morgan fingerprint density at radius 1 is 1.19 bits per heavy atom. The van der Waals surface area contributed by atoms with E-state index in [0.717, 1.165) is 29.6 Å². The average Bonchev–Trinajstić information content (AvgIpc) is 2.28. The maximum atomic E-state index is 11.7. The van der Waals surface area contributed by atoms with Crippen LogP contribution in [0.1, 0.15) is 25.2 Å². The van der Waals surface area contributed by atoms with Crippen LogP contribution < -0.4 is 5.63 Å². The Labute approximate surface area is 98.8 Å². The van der Waals surface area contributed by atoms with Crippen LogP contribution in [0.5, 0.6) is 0 Å². The standard InChI is InChI=1S/C13H13ClO2/c1-3-9-11-7-8(14)5-6-10(11)13(15)16-12(9)4-2/h5-7H,3-4H2,1-2H3. The van der Waals surface area contributed by atoms with Gasteiger partial charge in [-0.15, -0.1) is 0 Å². The fourth-order valence-electron chi connectivity index (χ4n) is 2.00. The highest BCUT2D eigenvalue weighted by molar-refractivity contribution is 6.31. The highest BCUT2D eigenvalue weighted by Gasteiger charge is 2.11. The van der Waals surface area contributed by atoms with E-state index >= 15 is 0 Å². The van der Waals surface area contributed by atoms with Crippen molar-refractivity contribution in [2.45, 2.75) is 26.7 Å². The fraction of sp³-hybridized carbons (Fsp3) is 0.308. The molecule has 0 amide bonds. The van der Waals surface area contributed by atoms with E-state index in [0.29, 0.717) is 10.4 Å². The highest BCUT2D eigenvalue weighted by atomic mass is 35.5. The van der Waals surface area contributed by atoms with Gasteiger partial charge in [0.15, 0.2) is 0 Å². The molecule has 0 aliphatic carbocycles. The second-order valence-electron chi connectivity index (χ2n) is 3.69. The summed E-state index contributed by atoms with van der Waals surface area (Å²) in [6.07, 6.45) is 1.56. The molecule has 2 nitrogen and oxygen atoms in total. The third-order valence-electron chi connectivity index (χ3n) is 2.75. The monoisotopic (exact) mass is 236 g/mol. The first-order valence-electron chi connectivity index (χ1n) is 5.41. The van der Waals surface area contributed by atoms with Gasteiger partial charge in [0.25, 0.3) is 0 Å². The fourth-order valence-corrected chi connectivity index (χ4v) is 2.17. The summed E-state index contributed by atoms with van der Waals surface area (Å²) >= 11 is 5.96. The summed E-state index contributed by atoms with van der Waals surface area (Å²) in [5, 5.41) is 2.18. The van der Waals surface area contributed by atoms with Crippen LogP contribution in [0.15, 0.2) is 27.4 Å². The van der Waals surface area contributed by atoms with E-state index < -0.39 is 0 Å². The van der Waals surface area contributed by atoms with Gasteiger partial charge >= 0.3 is 5.63 Å². The summed E-state index contributed by atoms with van der Waals surface area (Å²) < 4.78 is 5.30. The molecule has 2 aromatic rings. The molecule has 0 saturated carbocycles. The Hall–Kier alpha value is -1.28. The Morgan fingerprint density at radius 3 is 2.56 bits per heavy atom. The average molecular weight is 237 g/mol. The van der Waals surface area contributed by atoms with Crippen LogP contribution in [0.2, 0.25) is 5.02 Å². The van der Waals surface area contributed by atoms with Crippen LogP contribution in [-0.4, -0.2) is 0 Å². The zero-order valence-electron chi connectivity index (χ0n) is 9.34. The number of hydrogen-bond acceptors (Lipinski definition) is 2. The Balaban J connectivity index is 2.93. The van der Waals surface area contributed by atoms with Crippen molar-refractivity contribution in [3.05, 3.63) is 45.0 Å². The molecule has 2 rings (SSSR count). The molecule has 84 valence electrons. The van der Waals surface area contributed by atoms with E-state index in [9.17, 15) is 4.79 Å². The van der Waals surface area contributed by atoms with Crippen molar-refractivity contribution in [3.8, 4) is 0 Å². The number of halogens is 1. The van der Waals surface area contributed by atoms with Crippen molar-refractivity contribution < 1.29 is 4.42 Å². The summed E-state index contributed by atoms with van der Waals surface area (Å²) in [5.41, 5.74) is 0.806. The second-order valence-corrected chi connectivity index (χ2v) is 4.12. The van der Waals surface area contributed by atoms with Crippen molar-refractivity contribution in [1.82, 2.24) is 0 Å². The topological polar surface area (TPSA) is 30.2 Å². The summed E-state index contributed by atoms with van der Waals surface area (Å²) in [6, 6.07) is 5.28. The molecule has 0 radical (unpaired) electrons. The van der Waals surface area contributed by atoms with E-state index in [2.05, 4.69) is 6.92 Å². The van der Waals surface area contributed by atoms with Gasteiger partial charge in [-0.2, -0.15) is 0 Å². The van der Waals surface area contributed by atoms with E-state index in [1.165, 1.54) is 0 Å². The SMILES string of the molecule is CCc1oc(=O)c2ccc(Cl)cc2c1CC. The number of rotatable bonds is 2. The molecular weight excluding hydrogens is 224 g/mol. The van der Waals surface area contributed by atoms with Crippen LogP contribution in [0.25, 0.3) is 10.8 Å². The van der Waals surface area contributed by atoms with Crippen LogP contribution in [0.4, 0.5) is 0 Å². The number of benzene rings is 1. The molecule has 1 aromatic heterocycles. The van der Waals surface area contributed by atoms with Gasteiger partial charge in [0.2, 0.25) is 0 Å². The van der Waals surface area contributed by atoms with Crippen molar-refractivity contribution in [2.24, 2.45) is 0 Å². The van der Waals surface area contributed by atoms with Crippen molar-refractivity contribution >= 4 is 22.4 Å². The number of hydrogen-bond donors (Lipinski definition) is 0. The number of aryl methyl sites for hydroxylation is 2. The van der Waals surface area contributed by atoms with E-state index in [4.69, 9.17) is 16.0 Å². The lowest BCUT2D eigenvalue weighted by molar-refractivity contribution is 0.466. The van der Waals surface area contributed by atoms with Gasteiger partial charge in [-0.05, 0) is 35.6 Å². The van der Waals surface area contributed by atoms with Crippen molar-refractivity contribution in [2.75, 3.05) is 0 Å². The molecule has 0 unspecified atom stereocenters. The van der Waals surface area contributed by atoms with Crippen LogP contribution in [0.3, 0.4) is 0 Å². The molecule has 0 fully saturated rings. The first-order chi connectivity index (χ1) is 7.67. The Morgan fingerprint density at radius 2 is 1.94 bits per heavy atom. The lowest BCUT2D eigenvalue weighted by Gasteiger charge is -2.08. The van der Waals surface area contributed by atoms with Crippen molar-refractivity contribution in [3.63, 3.8) is 0 Å². The first-order valence-corrected chi connectivity index (χ1v) is 5.79. The quantitative estimate of drug-likeness (QED) is 0.798. The van der Waals surface area contributed by atoms with Gasteiger partial charge in [-0.3, -0.25) is 0 Å². The van der Waals surface area contributed by atoms with Crippen LogP contribution in [0, 0.1) is 0 Å². The smallest absolute Gasteiger partial charge is 0.343 e. The first kappa shape index (κ1) is 11.2. The predicted octanol–water partition coefficient (Wildman–Crippen LogP) is 3.57. The minimum atomic E-state index is -0.277. The summed E-state index contributed by atoms with van der Waals surface area (Å²) in [7, 11) is 0. The molecule has 0 N–H and O–H groups in total. The molecule has 0 aliphatic rings. The van der Waals surface area contributed by atoms with Gasteiger partial charge in [-0.25, -0.2) is 4.79 Å². The minimum absolute atomic E-state index is 0.277. The van der Waals surface area contributed by atoms with Crippen molar-refractivity contribution in [1.29, 1.82) is 0 Å². The molecular formula is C13H13ClO2. The maximum Gasteiger partial charge on any atom is 0.343 e. The lowest BCUT2D eigenvalue weighted by Crippen LogP contribution is -2.06. The largest absolute Gasteiger partial charge is 0.427 e. The van der Waals surface area contributed by atoms with Gasteiger partial charge in [0.05, 0.1) is 5.39 Å². The normalized spacial score (nSPS) is 10.9. The lowest BCUT2D eigenvalue weighted by atomic mass is 10.0. The molecule has 0 bridgehead atoms. The summed E-state index contributed by atoms with van der Waals surface area (Å²) in [6.45, 7) is 4.03. The molecule has 16 heavy (non-hydrogen) atoms. The summed E-state index contributed by atoms with van der Waals surface area (Å²) in [5.74, 6) is 0.766. The van der Waals surface area contributed by atoms with Gasteiger partial charge in [0.1, 0.15) is 5.76 Å². The second kappa shape index (κ2) is 4.30. The predicted molar refractivity (Wildman–Crippen MR) is 66.3 cm³/mol. The zero-order chi connectivity index (χ0) is 11.7. The maximum absolute atomic E-state index is 11.7. The van der Waals surface area contributed by atoms with E-state index in [1.807, 2.05) is 13.0 Å². The molecule has 1 aromatic carbocycles. The van der Waals surface area contributed by atoms with Gasteiger partial charge < -0.3 is 4.42 Å². The molecule has 0 saturated heterocycles. The molecule has 0 spiro atoms. The summed E-state index contributed by atoms with van der Waals surface area (Å²) in [4.78, 5) is 11.7. The van der Waals surface area contributed by atoms with Crippen LogP contribution >= 0.6 is 11.6 Å². The zero-order valence-corrected chi connectivity index (χ0v) is 10.1. The third-order valence-corrected chi connectivity index (χ3v) is 2.99. The van der Waals surface area contributed by atoms with Crippen LogP contribution in [-0.2, 0) is 12.8 Å². The molecule has 3 heteroatoms. The Bertz CT molecular complexity index is 584. The minimum Gasteiger partial charge on any atom is -0.427 e. The molecule has 0 aliphatic heterocycles. The molecule has 1 heterocycles. The van der Waals surface area contributed by atoms with Gasteiger partial charge in [0, 0.05) is 11.4 Å².